The molecule has 0 saturated carbocycles. The number of nitrogens with zero attached hydrogens (tertiary/aromatic N) is 3. The molecule has 0 spiro atoms. The Morgan fingerprint density at radius 1 is 0.680 bits per heavy atom. The predicted molar refractivity (Wildman–Crippen MR) is 110 cm³/mol. The fourth-order valence-corrected chi connectivity index (χ4v) is 2.78. The number of rotatable bonds is 3. The highest BCUT2D eigenvalue weighted by molar-refractivity contribution is 14.1. The second kappa shape index (κ2) is 9.13. The van der Waals surface area contributed by atoms with Gasteiger partial charge >= 0.3 is 0 Å². The van der Waals surface area contributed by atoms with Crippen LogP contribution in [-0.4, -0.2) is 14.8 Å². The van der Waals surface area contributed by atoms with Gasteiger partial charge < -0.3 is 0 Å². The first-order valence-corrected chi connectivity index (χ1v) is 9.08. The van der Waals surface area contributed by atoms with E-state index in [1.807, 2.05) is 35.0 Å². The van der Waals surface area contributed by atoms with Gasteiger partial charge in [0.25, 0.3) is 0 Å². The summed E-state index contributed by atoms with van der Waals surface area (Å²) in [5.74, 6) is 0. The molecule has 3 nitrogen and oxygen atoms in total. The minimum absolute atomic E-state index is 0.786. The first kappa shape index (κ1) is 17.4. The largest absolute Gasteiger partial charge is 0.247 e. The van der Waals surface area contributed by atoms with Crippen molar-refractivity contribution in [2.24, 2.45) is 0 Å². The Balaban J connectivity index is 0.000000146. The lowest BCUT2D eigenvalue weighted by Gasteiger charge is -1.98. The molecule has 0 aliphatic carbocycles. The number of aromatic nitrogens is 3. The molecule has 0 fully saturated rings. The molecule has 4 rings (SSSR count). The van der Waals surface area contributed by atoms with Crippen LogP contribution in [0.1, 0.15) is 5.56 Å². The fraction of sp³-hybridized carbons (Fsp3) is 0.0476. The molecule has 0 aliphatic rings. The summed E-state index contributed by atoms with van der Waals surface area (Å²) in [7, 11) is 0. The van der Waals surface area contributed by atoms with Crippen LogP contribution in [0.2, 0.25) is 0 Å². The van der Waals surface area contributed by atoms with Gasteiger partial charge in [-0.05, 0) is 16.7 Å². The van der Waals surface area contributed by atoms with Gasteiger partial charge in [-0.25, -0.2) is 9.67 Å². The average Bonchev–Trinajstić information content (AvgIpc) is 3.09. The number of benzene rings is 3. The van der Waals surface area contributed by atoms with E-state index >= 15 is 0 Å². The normalized spacial score (nSPS) is 9.96. The third-order valence-corrected chi connectivity index (χ3v) is 4.07. The van der Waals surface area contributed by atoms with Crippen molar-refractivity contribution in [3.05, 3.63) is 107 Å². The van der Waals surface area contributed by atoms with Crippen LogP contribution in [0, 0.1) is 3.83 Å². The first-order valence-electron chi connectivity index (χ1n) is 8.00. The lowest BCUT2D eigenvalue weighted by Crippen LogP contribution is -1.99. The van der Waals surface area contributed by atoms with E-state index in [9.17, 15) is 0 Å². The van der Waals surface area contributed by atoms with Gasteiger partial charge in [-0.2, -0.15) is 0 Å². The van der Waals surface area contributed by atoms with Gasteiger partial charge in [0.2, 0.25) is 3.83 Å². The van der Waals surface area contributed by atoms with Crippen molar-refractivity contribution in [3.8, 4) is 11.1 Å². The van der Waals surface area contributed by atoms with Crippen molar-refractivity contribution < 1.29 is 0 Å². The topological polar surface area (TPSA) is 30.7 Å². The summed E-state index contributed by atoms with van der Waals surface area (Å²) >= 11 is 2.10. The molecule has 124 valence electrons. The molecule has 0 unspecified atom stereocenters. The number of halogens is 1. The molecule has 0 bridgehead atoms. The van der Waals surface area contributed by atoms with E-state index in [4.69, 9.17) is 0 Å². The molecule has 25 heavy (non-hydrogen) atoms. The third-order valence-electron chi connectivity index (χ3n) is 3.58. The summed E-state index contributed by atoms with van der Waals surface area (Å²) in [6.45, 7) is 0.789. The highest BCUT2D eigenvalue weighted by Crippen LogP contribution is 2.17. The molecule has 0 amide bonds. The van der Waals surface area contributed by atoms with Crippen LogP contribution in [0.4, 0.5) is 0 Å². The van der Waals surface area contributed by atoms with E-state index in [1.54, 1.807) is 6.33 Å². The summed E-state index contributed by atoms with van der Waals surface area (Å²) in [6, 6.07) is 31.0. The van der Waals surface area contributed by atoms with Crippen LogP contribution in [0.25, 0.3) is 11.1 Å². The van der Waals surface area contributed by atoms with Gasteiger partial charge in [-0.15, -0.1) is 5.10 Å². The molecular weight excluding hydrogens is 421 g/mol. The summed E-state index contributed by atoms with van der Waals surface area (Å²) in [5.41, 5.74) is 3.79. The highest BCUT2D eigenvalue weighted by Gasteiger charge is 1.96. The van der Waals surface area contributed by atoms with Crippen molar-refractivity contribution >= 4 is 22.6 Å². The summed E-state index contributed by atoms with van der Waals surface area (Å²) in [5, 5.41) is 4.20. The van der Waals surface area contributed by atoms with E-state index in [1.165, 1.54) is 16.7 Å². The van der Waals surface area contributed by atoms with Crippen LogP contribution in [0.3, 0.4) is 0 Å². The van der Waals surface area contributed by atoms with E-state index in [0.29, 0.717) is 0 Å². The standard InChI is InChI=1S/C12H10.C9H8IN3/c1-3-7-11(8-4-1)12-9-5-2-6-10-12;10-9-11-7-13(12-9)6-8-4-2-1-3-5-8/h1-10H;1-5,7H,6H2. The predicted octanol–water partition coefficient (Wildman–Crippen LogP) is 5.28. The second-order valence-electron chi connectivity index (χ2n) is 5.43. The fourth-order valence-electron chi connectivity index (χ4n) is 2.38. The van der Waals surface area contributed by atoms with E-state index in [-0.39, 0.29) is 0 Å². The molecule has 0 N–H and O–H groups in total. The number of hydrogen-bond donors (Lipinski definition) is 0. The number of hydrogen-bond acceptors (Lipinski definition) is 2. The smallest absolute Gasteiger partial charge is 0.211 e. The Labute approximate surface area is 161 Å². The Morgan fingerprint density at radius 2 is 1.16 bits per heavy atom. The second-order valence-corrected chi connectivity index (χ2v) is 6.39. The van der Waals surface area contributed by atoms with E-state index in [0.717, 1.165) is 10.4 Å². The van der Waals surface area contributed by atoms with Crippen molar-refractivity contribution in [2.75, 3.05) is 0 Å². The maximum Gasteiger partial charge on any atom is 0.211 e. The van der Waals surface area contributed by atoms with Gasteiger partial charge in [0, 0.05) is 22.6 Å². The van der Waals surface area contributed by atoms with E-state index in [2.05, 4.69) is 93.3 Å². The quantitative estimate of drug-likeness (QED) is 0.407. The van der Waals surface area contributed by atoms with Gasteiger partial charge in [0.05, 0.1) is 6.54 Å². The zero-order valence-corrected chi connectivity index (χ0v) is 15.8. The first-order chi connectivity index (χ1) is 12.3. The molecule has 1 aromatic heterocycles. The molecule has 0 aliphatic heterocycles. The Hall–Kier alpha value is -2.47. The van der Waals surface area contributed by atoms with Crippen LogP contribution in [-0.2, 0) is 6.54 Å². The van der Waals surface area contributed by atoms with Crippen molar-refractivity contribution in [2.45, 2.75) is 6.54 Å². The summed E-state index contributed by atoms with van der Waals surface area (Å²) in [4.78, 5) is 4.05. The maximum absolute atomic E-state index is 4.20. The lowest BCUT2D eigenvalue weighted by atomic mass is 10.1. The van der Waals surface area contributed by atoms with E-state index < -0.39 is 0 Å². The molecule has 1 heterocycles. The van der Waals surface area contributed by atoms with Crippen LogP contribution >= 0.6 is 22.6 Å². The van der Waals surface area contributed by atoms with Gasteiger partial charge in [-0.1, -0.05) is 91.0 Å². The summed E-state index contributed by atoms with van der Waals surface area (Å²) in [6.07, 6.45) is 1.74. The summed E-state index contributed by atoms with van der Waals surface area (Å²) < 4.78 is 2.62. The zero-order chi connectivity index (χ0) is 17.3. The molecule has 0 atom stereocenters. The van der Waals surface area contributed by atoms with Gasteiger partial charge in [-0.3, -0.25) is 0 Å². The minimum Gasteiger partial charge on any atom is -0.247 e. The molecular formula is C21H18IN3. The molecule has 3 aromatic carbocycles. The molecule has 4 aromatic rings. The molecule has 0 radical (unpaired) electrons. The molecule has 4 heteroatoms. The van der Waals surface area contributed by atoms with Gasteiger partial charge in [0.1, 0.15) is 6.33 Å². The Kier molecular flexibility index (Phi) is 6.34. The van der Waals surface area contributed by atoms with Crippen molar-refractivity contribution in [3.63, 3.8) is 0 Å². The van der Waals surface area contributed by atoms with Crippen molar-refractivity contribution in [1.82, 2.24) is 14.8 Å². The van der Waals surface area contributed by atoms with Gasteiger partial charge in [0.15, 0.2) is 0 Å². The third kappa shape index (κ3) is 5.53. The molecule has 0 saturated heterocycles. The minimum atomic E-state index is 0.786. The highest BCUT2D eigenvalue weighted by atomic mass is 127. The maximum atomic E-state index is 4.20. The SMILES string of the molecule is Ic1ncn(Cc2ccccc2)n1.c1ccc(-c2ccccc2)cc1. The van der Waals surface area contributed by atoms with Crippen molar-refractivity contribution in [1.29, 1.82) is 0 Å². The Morgan fingerprint density at radius 3 is 1.60 bits per heavy atom. The van der Waals surface area contributed by atoms with Crippen LogP contribution in [0.15, 0.2) is 97.3 Å². The van der Waals surface area contributed by atoms with Crippen LogP contribution < -0.4 is 0 Å². The van der Waals surface area contributed by atoms with Crippen LogP contribution in [0.5, 0.6) is 0 Å². The Bertz CT molecular complexity index is 837. The average molecular weight is 439 g/mol. The lowest BCUT2D eigenvalue weighted by molar-refractivity contribution is 0.680. The monoisotopic (exact) mass is 439 g/mol. The zero-order valence-electron chi connectivity index (χ0n) is 13.7.